The maximum atomic E-state index is 11.1. The van der Waals surface area contributed by atoms with Gasteiger partial charge in [0.15, 0.2) is 6.10 Å². The topological polar surface area (TPSA) is 92.8 Å². The van der Waals surface area contributed by atoms with Crippen molar-refractivity contribution in [3.05, 3.63) is 0 Å². The maximum absolute atomic E-state index is 11.1. The zero-order chi connectivity index (χ0) is 12.0. The quantitative estimate of drug-likeness (QED) is 0.404. The van der Waals surface area contributed by atoms with Gasteiger partial charge in [-0.05, 0) is 6.92 Å². The predicted molar refractivity (Wildman–Crippen MR) is 52.7 cm³/mol. The fourth-order valence-corrected chi connectivity index (χ4v) is 1.77. The summed E-state index contributed by atoms with van der Waals surface area (Å²) in [6.07, 6.45) is -1.43. The molecule has 6 nitrogen and oxygen atoms in total. The highest BCUT2D eigenvalue weighted by atomic mass is 16.4. The summed E-state index contributed by atoms with van der Waals surface area (Å²) < 4.78 is 1.41. The van der Waals surface area contributed by atoms with Crippen molar-refractivity contribution in [1.82, 2.24) is 5.32 Å². The molecule has 0 aliphatic carbocycles. The van der Waals surface area contributed by atoms with E-state index in [-0.39, 0.29) is 0 Å². The molecular weight excluding hydrogens is 200 g/mol. The van der Waals surface area contributed by atoms with Gasteiger partial charge in [0, 0.05) is 13.8 Å². The van der Waals surface area contributed by atoms with Crippen LogP contribution in [0, 0.1) is 0 Å². The van der Waals surface area contributed by atoms with Gasteiger partial charge in [-0.3, -0.25) is 5.32 Å². The molecule has 0 saturated heterocycles. The average Bonchev–Trinajstić information content (AvgIpc) is 2.12. The number of aliphatic hydroxyl groups excluding tert-OH is 1. The summed E-state index contributed by atoms with van der Waals surface area (Å²) >= 11 is 0. The second-order valence-electron chi connectivity index (χ2n) is 4.27. The molecule has 1 aliphatic rings. The van der Waals surface area contributed by atoms with Crippen molar-refractivity contribution in [1.29, 1.82) is 0 Å². The van der Waals surface area contributed by atoms with Crippen LogP contribution in [0.5, 0.6) is 0 Å². The molecule has 0 aromatic carbocycles. The fraction of sp³-hybridized carbons (Fsp3) is 0.778. The molecule has 86 valence electrons. The van der Waals surface area contributed by atoms with E-state index in [9.17, 15) is 15.0 Å². The highest BCUT2D eigenvalue weighted by molar-refractivity contribution is 5.87. The number of amidine groups is 1. The molecule has 3 atom stereocenters. The molecule has 0 aromatic rings. The Bertz CT molecular complexity index is 337. The highest BCUT2D eigenvalue weighted by Crippen LogP contribution is 2.25. The predicted octanol–water partition coefficient (Wildman–Crippen LogP) is -1.44. The van der Waals surface area contributed by atoms with Crippen LogP contribution in [-0.4, -0.2) is 56.1 Å². The molecule has 1 rings (SSSR count). The first-order chi connectivity index (χ1) is 6.64. The van der Waals surface area contributed by atoms with Crippen LogP contribution in [-0.2, 0) is 4.79 Å². The summed E-state index contributed by atoms with van der Waals surface area (Å²) in [6, 6.07) is 0. The number of hydrogen-bond acceptors (Lipinski definition) is 4. The van der Waals surface area contributed by atoms with E-state index < -0.39 is 23.3 Å². The number of likely N-dealkylation sites (N-methyl/N-ethyl adjacent to an activating group) is 1. The minimum atomic E-state index is -1.61. The molecule has 0 spiro atoms. The monoisotopic (exact) mass is 217 g/mol. The largest absolute Gasteiger partial charge is 0.478 e. The molecule has 1 heterocycles. The van der Waals surface area contributed by atoms with Crippen molar-refractivity contribution in [3.8, 4) is 0 Å². The summed E-state index contributed by atoms with van der Waals surface area (Å²) in [5, 5.41) is 31.6. The summed E-state index contributed by atoms with van der Waals surface area (Å²) in [4.78, 5) is 11.1. The van der Waals surface area contributed by atoms with Crippen LogP contribution < -0.4 is 5.32 Å². The first-order valence-corrected chi connectivity index (χ1v) is 4.63. The molecule has 6 heteroatoms. The summed E-state index contributed by atoms with van der Waals surface area (Å²) in [5.41, 5.74) is -3.19. The van der Waals surface area contributed by atoms with Gasteiger partial charge in [0.1, 0.15) is 0 Å². The van der Waals surface area contributed by atoms with Crippen molar-refractivity contribution in [2.45, 2.75) is 38.1 Å². The second kappa shape index (κ2) is 3.18. The molecule has 4 N–H and O–H groups in total. The number of nitrogens with zero attached hydrogens (tertiary/aromatic N) is 1. The van der Waals surface area contributed by atoms with Crippen LogP contribution in [0.4, 0.5) is 0 Å². The molecule has 0 radical (unpaired) electrons. The zero-order valence-corrected chi connectivity index (χ0v) is 9.27. The van der Waals surface area contributed by atoms with E-state index in [0.717, 1.165) is 0 Å². The van der Waals surface area contributed by atoms with Gasteiger partial charge >= 0.3 is 5.97 Å². The normalized spacial score (nSPS) is 41.3. The Hall–Kier alpha value is -1.14. The van der Waals surface area contributed by atoms with Crippen molar-refractivity contribution >= 4 is 11.8 Å². The number of hydrogen-bond donors (Lipinski definition) is 4. The Kier molecular flexibility index (Phi) is 2.53. The number of aliphatic hydroxyl groups is 2. The van der Waals surface area contributed by atoms with Crippen molar-refractivity contribution < 1.29 is 24.7 Å². The molecule has 3 unspecified atom stereocenters. The van der Waals surface area contributed by atoms with Crippen molar-refractivity contribution in [2.75, 3.05) is 7.05 Å². The number of carboxylic acid groups (broad SMARTS) is 1. The Balaban J connectivity index is 3.29. The van der Waals surface area contributed by atoms with Gasteiger partial charge in [0.25, 0.3) is 0 Å². The van der Waals surface area contributed by atoms with E-state index >= 15 is 0 Å². The molecule has 0 aromatic heterocycles. The van der Waals surface area contributed by atoms with Crippen LogP contribution in [0.3, 0.4) is 0 Å². The van der Waals surface area contributed by atoms with Crippen LogP contribution >= 0.6 is 0 Å². The first-order valence-electron chi connectivity index (χ1n) is 4.63. The van der Waals surface area contributed by atoms with E-state index in [1.54, 1.807) is 14.0 Å². The summed E-state index contributed by atoms with van der Waals surface area (Å²) in [6.45, 7) is 4.36. The fourth-order valence-electron chi connectivity index (χ4n) is 1.77. The molecule has 15 heavy (non-hydrogen) atoms. The molecular formula is C9H17N2O4+. The third kappa shape index (κ3) is 1.49. The van der Waals surface area contributed by atoms with Gasteiger partial charge in [0.05, 0.1) is 7.05 Å². The van der Waals surface area contributed by atoms with Gasteiger partial charge in [-0.15, -0.1) is 0 Å². The lowest BCUT2D eigenvalue weighted by Gasteiger charge is -2.40. The van der Waals surface area contributed by atoms with Gasteiger partial charge < -0.3 is 15.3 Å². The lowest BCUT2D eigenvalue weighted by molar-refractivity contribution is -0.653. The van der Waals surface area contributed by atoms with Crippen LogP contribution in [0.15, 0.2) is 0 Å². The second-order valence-corrected chi connectivity index (χ2v) is 4.27. The zero-order valence-electron chi connectivity index (χ0n) is 9.27. The minimum Gasteiger partial charge on any atom is -0.478 e. The third-order valence-electron chi connectivity index (χ3n) is 3.13. The smallest absolute Gasteiger partial charge is 0.354 e. The minimum absolute atomic E-state index is 0.496. The maximum Gasteiger partial charge on any atom is 0.354 e. The SMILES string of the molecule is CC1=[N+](C)C(C)(O)C(O)C(C)(C(=O)O)N1. The van der Waals surface area contributed by atoms with E-state index in [2.05, 4.69) is 5.32 Å². The number of carbonyl (C=O) groups is 1. The molecule has 0 amide bonds. The number of aliphatic carboxylic acids is 1. The van der Waals surface area contributed by atoms with E-state index in [0.29, 0.717) is 5.84 Å². The Morgan fingerprint density at radius 1 is 1.53 bits per heavy atom. The van der Waals surface area contributed by atoms with Gasteiger partial charge in [-0.1, -0.05) is 0 Å². The molecule has 0 fully saturated rings. The van der Waals surface area contributed by atoms with Crippen molar-refractivity contribution in [2.24, 2.45) is 0 Å². The standard InChI is InChI=1S/C9H16N2O4/c1-5-10-8(2,7(13)14)6(12)9(3,15)11(5)4/h6,12,15H,1-4H3,(H,13,14)/p+1. The average molecular weight is 217 g/mol. The molecule has 1 aliphatic heterocycles. The third-order valence-corrected chi connectivity index (χ3v) is 3.13. The number of carboxylic acids is 1. The number of rotatable bonds is 1. The van der Waals surface area contributed by atoms with E-state index in [4.69, 9.17) is 5.11 Å². The van der Waals surface area contributed by atoms with Crippen molar-refractivity contribution in [3.63, 3.8) is 0 Å². The van der Waals surface area contributed by atoms with Crippen LogP contribution in [0.2, 0.25) is 0 Å². The van der Waals surface area contributed by atoms with Gasteiger partial charge in [0.2, 0.25) is 17.1 Å². The summed E-state index contributed by atoms with van der Waals surface area (Å²) in [7, 11) is 1.58. The Morgan fingerprint density at radius 3 is 2.40 bits per heavy atom. The van der Waals surface area contributed by atoms with Crippen LogP contribution in [0.25, 0.3) is 0 Å². The Labute approximate surface area is 87.9 Å². The lowest BCUT2D eigenvalue weighted by atomic mass is 9.85. The van der Waals surface area contributed by atoms with Gasteiger partial charge in [-0.25, -0.2) is 9.37 Å². The Morgan fingerprint density at radius 2 is 2.00 bits per heavy atom. The van der Waals surface area contributed by atoms with Crippen LogP contribution in [0.1, 0.15) is 20.8 Å². The van der Waals surface area contributed by atoms with Gasteiger partial charge in [-0.2, -0.15) is 0 Å². The highest BCUT2D eigenvalue weighted by Gasteiger charge is 2.59. The van der Waals surface area contributed by atoms with E-state index in [1.807, 2.05) is 0 Å². The molecule has 0 saturated carbocycles. The summed E-state index contributed by atoms with van der Waals surface area (Å²) in [5.74, 6) is -0.710. The number of nitrogens with one attached hydrogen (secondary N) is 1. The molecule has 0 bridgehead atoms. The lowest BCUT2D eigenvalue weighted by Crippen LogP contribution is -2.73. The first kappa shape index (κ1) is 11.9. The van der Waals surface area contributed by atoms with E-state index in [1.165, 1.54) is 18.4 Å².